The first kappa shape index (κ1) is 33.1. The van der Waals surface area contributed by atoms with Gasteiger partial charge in [0.2, 0.25) is 0 Å². The molecule has 0 saturated carbocycles. The van der Waals surface area contributed by atoms with Crippen molar-refractivity contribution in [2.75, 3.05) is 19.7 Å². The van der Waals surface area contributed by atoms with E-state index in [1.54, 1.807) is 18.2 Å². The van der Waals surface area contributed by atoms with Gasteiger partial charge in [0.25, 0.3) is 0 Å². The minimum Gasteiger partial charge on any atom is -0.491 e. The molecule has 0 aliphatic heterocycles. The molecule has 4 rings (SSSR count). The molecule has 0 radical (unpaired) electrons. The Balaban J connectivity index is 1.35. The third-order valence-electron chi connectivity index (χ3n) is 7.45. The lowest BCUT2D eigenvalue weighted by molar-refractivity contribution is -0.138. The molecule has 234 valence electrons. The molecule has 0 aliphatic carbocycles. The molecule has 4 aromatic carbocycles. The van der Waals surface area contributed by atoms with E-state index in [0.29, 0.717) is 17.7 Å². The number of aryl methyl sites for hydroxylation is 1. The zero-order valence-electron chi connectivity index (χ0n) is 24.5. The lowest BCUT2D eigenvalue weighted by Crippen LogP contribution is -2.22. The van der Waals surface area contributed by atoms with Crippen LogP contribution in [0.2, 0.25) is 0 Å². The molecule has 4 aromatic rings. The van der Waals surface area contributed by atoms with Gasteiger partial charge in [-0.1, -0.05) is 98.5 Å². The van der Waals surface area contributed by atoms with Crippen molar-refractivity contribution in [3.05, 3.63) is 114 Å². The summed E-state index contributed by atoms with van der Waals surface area (Å²) >= 11 is 0. The summed E-state index contributed by atoms with van der Waals surface area (Å²) in [5.74, 6) is 0.239. The zero-order valence-corrected chi connectivity index (χ0v) is 24.5. The summed E-state index contributed by atoms with van der Waals surface area (Å²) in [7, 11) is 0. The SMILES string of the molecule is FC(F)(F)c1cccc(-c2cccc(-c3cccc(C(F)(F)F)c3)c2OCCNCCCCCCCCc2ccccc2)c1. The minimum atomic E-state index is -4.54. The highest BCUT2D eigenvalue weighted by Crippen LogP contribution is 2.42. The van der Waals surface area contributed by atoms with Crippen LogP contribution in [0.1, 0.15) is 55.2 Å². The van der Waals surface area contributed by atoms with Crippen LogP contribution >= 0.6 is 0 Å². The Kier molecular flexibility index (Phi) is 11.9. The quantitative estimate of drug-likeness (QED) is 0.106. The molecular weight excluding hydrogens is 576 g/mol. The third kappa shape index (κ3) is 9.88. The molecule has 2 nitrogen and oxygen atoms in total. The largest absolute Gasteiger partial charge is 0.491 e. The van der Waals surface area contributed by atoms with Crippen molar-refractivity contribution in [3.8, 4) is 28.0 Å². The summed E-state index contributed by atoms with van der Waals surface area (Å²) in [4.78, 5) is 0. The lowest BCUT2D eigenvalue weighted by Gasteiger charge is -2.18. The molecular formula is C36H37F6NO. The van der Waals surface area contributed by atoms with Crippen LogP contribution in [-0.2, 0) is 18.8 Å². The molecule has 0 saturated heterocycles. The Labute approximate surface area is 255 Å². The van der Waals surface area contributed by atoms with Crippen molar-refractivity contribution in [2.45, 2.75) is 57.3 Å². The van der Waals surface area contributed by atoms with E-state index in [0.717, 1.165) is 56.5 Å². The van der Waals surface area contributed by atoms with Gasteiger partial charge < -0.3 is 10.1 Å². The summed E-state index contributed by atoms with van der Waals surface area (Å²) in [6.45, 7) is 1.47. The zero-order chi connectivity index (χ0) is 31.4. The second-order valence-electron chi connectivity index (χ2n) is 10.8. The van der Waals surface area contributed by atoms with E-state index < -0.39 is 23.5 Å². The fraction of sp³-hybridized carbons (Fsp3) is 0.333. The first-order valence-electron chi connectivity index (χ1n) is 15.0. The van der Waals surface area contributed by atoms with Crippen LogP contribution in [-0.4, -0.2) is 19.7 Å². The lowest BCUT2D eigenvalue weighted by atomic mass is 9.95. The van der Waals surface area contributed by atoms with Crippen molar-refractivity contribution in [1.82, 2.24) is 5.32 Å². The van der Waals surface area contributed by atoms with Gasteiger partial charge in [-0.15, -0.1) is 0 Å². The molecule has 8 heteroatoms. The van der Waals surface area contributed by atoms with Gasteiger partial charge in [0.05, 0.1) is 11.1 Å². The van der Waals surface area contributed by atoms with Crippen LogP contribution < -0.4 is 10.1 Å². The van der Waals surface area contributed by atoms with Crippen molar-refractivity contribution < 1.29 is 31.1 Å². The molecule has 44 heavy (non-hydrogen) atoms. The smallest absolute Gasteiger partial charge is 0.416 e. The average molecular weight is 614 g/mol. The van der Waals surface area contributed by atoms with Crippen LogP contribution in [0.5, 0.6) is 5.75 Å². The van der Waals surface area contributed by atoms with Gasteiger partial charge in [0.1, 0.15) is 12.4 Å². The molecule has 0 atom stereocenters. The first-order valence-corrected chi connectivity index (χ1v) is 15.0. The van der Waals surface area contributed by atoms with E-state index in [-0.39, 0.29) is 23.5 Å². The molecule has 0 bridgehead atoms. The van der Waals surface area contributed by atoms with Gasteiger partial charge in [0.15, 0.2) is 0 Å². The van der Waals surface area contributed by atoms with E-state index in [2.05, 4.69) is 29.6 Å². The second-order valence-corrected chi connectivity index (χ2v) is 10.8. The number of benzene rings is 4. The first-order chi connectivity index (χ1) is 21.1. The number of alkyl halides is 6. The normalized spacial score (nSPS) is 12.0. The van der Waals surface area contributed by atoms with Crippen molar-refractivity contribution >= 4 is 0 Å². The molecule has 0 heterocycles. The number of ether oxygens (including phenoxy) is 1. The Bertz CT molecular complexity index is 1370. The van der Waals surface area contributed by atoms with Crippen LogP contribution in [0, 0.1) is 0 Å². The maximum Gasteiger partial charge on any atom is 0.416 e. The molecule has 1 N–H and O–H groups in total. The van der Waals surface area contributed by atoms with E-state index in [1.165, 1.54) is 49.1 Å². The Morgan fingerprint density at radius 1 is 0.523 bits per heavy atom. The molecule has 0 fully saturated rings. The van der Waals surface area contributed by atoms with Gasteiger partial charge in [0, 0.05) is 17.7 Å². The monoisotopic (exact) mass is 613 g/mol. The number of para-hydroxylation sites is 1. The van der Waals surface area contributed by atoms with E-state index >= 15 is 0 Å². The highest BCUT2D eigenvalue weighted by Gasteiger charge is 2.32. The fourth-order valence-electron chi connectivity index (χ4n) is 5.15. The minimum absolute atomic E-state index is 0.196. The number of nitrogens with one attached hydrogen (secondary N) is 1. The number of hydrogen-bond donors (Lipinski definition) is 1. The standard InChI is InChI=1S/C36H37F6NO/c37-35(38,39)30-18-10-16-28(25-30)32-20-12-21-33(29-17-11-19-31(26-29)36(40,41)42)34(32)44-24-23-43-22-9-4-2-1-3-6-13-27-14-7-5-8-15-27/h5,7-8,10-12,14-21,25-26,43H,1-4,6,9,13,22-24H2. The van der Waals surface area contributed by atoms with Gasteiger partial charge in [-0.2, -0.15) is 26.3 Å². The summed E-state index contributed by atoms with van der Waals surface area (Å²) in [6.07, 6.45) is -1.11. The molecule has 0 spiro atoms. The number of unbranched alkanes of at least 4 members (excludes halogenated alkanes) is 5. The van der Waals surface area contributed by atoms with E-state index in [9.17, 15) is 26.3 Å². The van der Waals surface area contributed by atoms with Crippen LogP contribution in [0.3, 0.4) is 0 Å². The molecule has 0 aromatic heterocycles. The van der Waals surface area contributed by atoms with Crippen LogP contribution in [0.4, 0.5) is 26.3 Å². The van der Waals surface area contributed by atoms with E-state index in [1.807, 2.05) is 6.07 Å². The Morgan fingerprint density at radius 3 is 1.61 bits per heavy atom. The maximum absolute atomic E-state index is 13.5. The number of hydrogen-bond acceptors (Lipinski definition) is 2. The Hall–Kier alpha value is -3.78. The number of halogens is 6. The van der Waals surface area contributed by atoms with E-state index in [4.69, 9.17) is 4.74 Å². The van der Waals surface area contributed by atoms with Gasteiger partial charge in [-0.3, -0.25) is 0 Å². The van der Waals surface area contributed by atoms with Crippen LogP contribution in [0.25, 0.3) is 22.3 Å². The van der Waals surface area contributed by atoms with Crippen molar-refractivity contribution in [1.29, 1.82) is 0 Å². The maximum atomic E-state index is 13.5. The average Bonchev–Trinajstić information content (AvgIpc) is 3.01. The third-order valence-corrected chi connectivity index (χ3v) is 7.45. The summed E-state index contributed by atoms with van der Waals surface area (Å²) in [5, 5.41) is 3.33. The highest BCUT2D eigenvalue weighted by atomic mass is 19.4. The molecule has 0 amide bonds. The second kappa shape index (κ2) is 15.8. The topological polar surface area (TPSA) is 21.3 Å². The fourth-order valence-corrected chi connectivity index (χ4v) is 5.15. The number of rotatable bonds is 15. The van der Waals surface area contributed by atoms with Gasteiger partial charge in [-0.25, -0.2) is 0 Å². The van der Waals surface area contributed by atoms with Gasteiger partial charge >= 0.3 is 12.4 Å². The molecule has 0 aliphatic rings. The Morgan fingerprint density at radius 2 is 1.05 bits per heavy atom. The van der Waals surface area contributed by atoms with Gasteiger partial charge in [-0.05, 0) is 66.8 Å². The predicted octanol–water partition coefficient (Wildman–Crippen LogP) is 10.6. The summed E-state index contributed by atoms with van der Waals surface area (Å²) < 4.78 is 86.8. The van der Waals surface area contributed by atoms with Crippen molar-refractivity contribution in [2.24, 2.45) is 0 Å². The van der Waals surface area contributed by atoms with Crippen molar-refractivity contribution in [3.63, 3.8) is 0 Å². The summed E-state index contributed by atoms with van der Waals surface area (Å²) in [6, 6.07) is 25.0. The highest BCUT2D eigenvalue weighted by molar-refractivity contribution is 5.83. The predicted molar refractivity (Wildman–Crippen MR) is 164 cm³/mol. The summed E-state index contributed by atoms with van der Waals surface area (Å²) in [5.41, 5.74) is 1.02. The van der Waals surface area contributed by atoms with Crippen LogP contribution in [0.15, 0.2) is 97.1 Å². The molecule has 0 unspecified atom stereocenters.